The van der Waals surface area contributed by atoms with Crippen LogP contribution in [0.5, 0.6) is 0 Å². The second-order valence-corrected chi connectivity index (χ2v) is 6.21. The maximum Gasteiger partial charge on any atom is 0.159 e. The zero-order chi connectivity index (χ0) is 18.3. The first-order valence-corrected chi connectivity index (χ1v) is 8.27. The number of benzene rings is 1. The van der Waals surface area contributed by atoms with Gasteiger partial charge in [0.05, 0.1) is 16.1 Å². The predicted molar refractivity (Wildman–Crippen MR) is 99.1 cm³/mol. The molecule has 0 spiro atoms. The van der Waals surface area contributed by atoms with Crippen LogP contribution >= 0.6 is 11.6 Å². The van der Waals surface area contributed by atoms with Crippen LogP contribution in [0, 0.1) is 19.7 Å². The van der Waals surface area contributed by atoms with Gasteiger partial charge in [0.1, 0.15) is 28.8 Å². The van der Waals surface area contributed by atoms with Crippen molar-refractivity contribution in [3.8, 4) is 11.4 Å². The maximum atomic E-state index is 14.2. The highest BCUT2D eigenvalue weighted by molar-refractivity contribution is 6.33. The van der Waals surface area contributed by atoms with E-state index in [0.29, 0.717) is 34.3 Å². The van der Waals surface area contributed by atoms with Crippen LogP contribution in [0.1, 0.15) is 11.5 Å². The van der Waals surface area contributed by atoms with Gasteiger partial charge in [-0.05, 0) is 32.0 Å². The van der Waals surface area contributed by atoms with Crippen LogP contribution in [0.25, 0.3) is 22.4 Å². The third-order valence-electron chi connectivity index (χ3n) is 3.81. The number of rotatable bonds is 3. The molecule has 0 atom stereocenters. The molecule has 0 aliphatic rings. The number of anilines is 2. The number of fused-ring (bicyclic) bond motifs is 1. The summed E-state index contributed by atoms with van der Waals surface area (Å²) in [7, 11) is 0. The van der Waals surface area contributed by atoms with Gasteiger partial charge in [-0.15, -0.1) is 0 Å². The van der Waals surface area contributed by atoms with Crippen LogP contribution in [-0.2, 0) is 0 Å². The van der Waals surface area contributed by atoms with E-state index in [1.807, 2.05) is 19.9 Å². The van der Waals surface area contributed by atoms with Crippen LogP contribution in [0.4, 0.5) is 16.0 Å². The number of nitrogens with zero attached hydrogens (tertiary/aromatic N) is 4. The van der Waals surface area contributed by atoms with Crippen molar-refractivity contribution in [3.63, 3.8) is 0 Å². The maximum absolute atomic E-state index is 14.2. The number of imidazole rings is 1. The first-order valence-electron chi connectivity index (χ1n) is 7.89. The smallest absolute Gasteiger partial charge is 0.159 e. The number of hydrogen-bond acceptors (Lipinski definition) is 5. The summed E-state index contributed by atoms with van der Waals surface area (Å²) < 4.78 is 14.2. The van der Waals surface area contributed by atoms with E-state index in [4.69, 9.17) is 11.6 Å². The number of pyridine rings is 1. The molecule has 0 fully saturated rings. The van der Waals surface area contributed by atoms with E-state index in [9.17, 15) is 4.39 Å². The zero-order valence-electron chi connectivity index (χ0n) is 14.0. The first kappa shape index (κ1) is 16.4. The van der Waals surface area contributed by atoms with Crippen molar-refractivity contribution >= 4 is 34.3 Å². The molecule has 8 heteroatoms. The third kappa shape index (κ3) is 2.97. The van der Waals surface area contributed by atoms with Crippen LogP contribution in [0.3, 0.4) is 0 Å². The molecule has 0 bridgehead atoms. The molecule has 4 aromatic rings. The molecule has 0 saturated heterocycles. The van der Waals surface area contributed by atoms with Gasteiger partial charge in [0.15, 0.2) is 5.82 Å². The van der Waals surface area contributed by atoms with E-state index >= 15 is 0 Å². The molecule has 2 N–H and O–H groups in total. The summed E-state index contributed by atoms with van der Waals surface area (Å²) in [6.45, 7) is 3.71. The van der Waals surface area contributed by atoms with Gasteiger partial charge in [-0.3, -0.25) is 0 Å². The molecule has 0 amide bonds. The summed E-state index contributed by atoms with van der Waals surface area (Å²) in [5, 5.41) is 3.44. The highest BCUT2D eigenvalue weighted by atomic mass is 35.5. The van der Waals surface area contributed by atoms with Crippen LogP contribution in [0.2, 0.25) is 5.02 Å². The van der Waals surface area contributed by atoms with E-state index in [1.165, 1.54) is 6.07 Å². The summed E-state index contributed by atoms with van der Waals surface area (Å²) in [6.07, 6.45) is 1.64. The number of halogens is 2. The number of nitrogens with one attached hydrogen (secondary N) is 2. The van der Waals surface area contributed by atoms with Crippen molar-refractivity contribution in [2.24, 2.45) is 0 Å². The van der Waals surface area contributed by atoms with Gasteiger partial charge < -0.3 is 10.3 Å². The minimum absolute atomic E-state index is 0.227. The van der Waals surface area contributed by atoms with E-state index in [2.05, 4.69) is 30.2 Å². The number of aromatic amines is 1. The Labute approximate surface area is 153 Å². The highest BCUT2D eigenvalue weighted by Gasteiger charge is 2.16. The van der Waals surface area contributed by atoms with Gasteiger partial charge in [-0.25, -0.2) is 24.3 Å². The fourth-order valence-electron chi connectivity index (χ4n) is 2.77. The Kier molecular flexibility index (Phi) is 4.00. The Morgan fingerprint density at radius 3 is 2.73 bits per heavy atom. The molecule has 4 rings (SSSR count). The Morgan fingerprint density at radius 2 is 1.96 bits per heavy atom. The largest absolute Gasteiger partial charge is 0.338 e. The minimum Gasteiger partial charge on any atom is -0.338 e. The second-order valence-electron chi connectivity index (χ2n) is 5.80. The van der Waals surface area contributed by atoms with Crippen molar-refractivity contribution in [1.82, 2.24) is 24.9 Å². The SMILES string of the molecule is Cc1cc(Nc2nccc3[nH]c(-c4c(F)cccc4Cl)nc23)nc(C)n1. The van der Waals surface area contributed by atoms with E-state index in [-0.39, 0.29) is 10.6 Å². The molecule has 0 unspecified atom stereocenters. The van der Waals surface area contributed by atoms with Crippen molar-refractivity contribution in [2.75, 3.05) is 5.32 Å². The number of aromatic nitrogens is 5. The lowest BCUT2D eigenvalue weighted by molar-refractivity contribution is 0.630. The van der Waals surface area contributed by atoms with Gasteiger partial charge in [0, 0.05) is 18.0 Å². The third-order valence-corrected chi connectivity index (χ3v) is 4.13. The Balaban J connectivity index is 1.81. The molecule has 3 aromatic heterocycles. The van der Waals surface area contributed by atoms with Gasteiger partial charge in [0.2, 0.25) is 0 Å². The molecule has 1 aromatic carbocycles. The molecule has 0 saturated carbocycles. The average Bonchev–Trinajstić information content (AvgIpc) is 2.98. The van der Waals surface area contributed by atoms with E-state index in [1.54, 1.807) is 24.4 Å². The molecular weight excluding hydrogens is 355 g/mol. The lowest BCUT2D eigenvalue weighted by Gasteiger charge is -2.06. The average molecular weight is 369 g/mol. The Bertz CT molecular complexity index is 1080. The van der Waals surface area contributed by atoms with Gasteiger partial charge in [-0.1, -0.05) is 17.7 Å². The van der Waals surface area contributed by atoms with Crippen molar-refractivity contribution in [1.29, 1.82) is 0 Å². The number of aryl methyl sites for hydroxylation is 2. The molecule has 26 heavy (non-hydrogen) atoms. The summed E-state index contributed by atoms with van der Waals surface area (Å²) in [5.41, 5.74) is 2.34. The standard InChI is InChI=1S/C18H14ClFN6/c1-9-8-14(23-10(2)22-9)25-18-16-13(6-7-21-18)24-17(26-16)15-11(19)4-3-5-12(15)20/h3-8H,1-2H3,(H,24,26)(H,21,22,23,25). The second kappa shape index (κ2) is 6.34. The van der Waals surface area contributed by atoms with E-state index < -0.39 is 5.82 Å². The summed E-state index contributed by atoms with van der Waals surface area (Å²) >= 11 is 6.15. The molecule has 0 aliphatic carbocycles. The first-order chi connectivity index (χ1) is 12.5. The highest BCUT2D eigenvalue weighted by Crippen LogP contribution is 2.31. The quantitative estimate of drug-likeness (QED) is 0.553. The molecule has 3 heterocycles. The summed E-state index contributed by atoms with van der Waals surface area (Å²) in [5.74, 6) is 1.68. The van der Waals surface area contributed by atoms with Crippen LogP contribution in [-0.4, -0.2) is 24.9 Å². The monoisotopic (exact) mass is 368 g/mol. The Hall–Kier alpha value is -3.06. The fraction of sp³-hybridized carbons (Fsp3) is 0.111. The lowest BCUT2D eigenvalue weighted by atomic mass is 10.2. The summed E-state index contributed by atoms with van der Waals surface area (Å²) in [4.78, 5) is 20.5. The van der Waals surface area contributed by atoms with Gasteiger partial charge in [-0.2, -0.15) is 0 Å². The van der Waals surface area contributed by atoms with E-state index in [0.717, 1.165) is 5.69 Å². The zero-order valence-corrected chi connectivity index (χ0v) is 14.8. The van der Waals surface area contributed by atoms with Crippen LogP contribution < -0.4 is 5.32 Å². The van der Waals surface area contributed by atoms with Crippen molar-refractivity contribution in [2.45, 2.75) is 13.8 Å². The lowest BCUT2D eigenvalue weighted by Crippen LogP contribution is -2.00. The minimum atomic E-state index is -0.443. The van der Waals surface area contributed by atoms with Crippen molar-refractivity contribution < 1.29 is 4.39 Å². The number of hydrogen-bond donors (Lipinski definition) is 2. The topological polar surface area (TPSA) is 79.4 Å². The molecule has 6 nitrogen and oxygen atoms in total. The normalized spacial score (nSPS) is 11.1. The fourth-order valence-corrected chi connectivity index (χ4v) is 3.02. The van der Waals surface area contributed by atoms with Crippen molar-refractivity contribution in [3.05, 3.63) is 58.9 Å². The Morgan fingerprint density at radius 1 is 1.12 bits per heavy atom. The van der Waals surface area contributed by atoms with Gasteiger partial charge in [0.25, 0.3) is 0 Å². The van der Waals surface area contributed by atoms with Crippen LogP contribution in [0.15, 0.2) is 36.5 Å². The molecule has 0 aliphatic heterocycles. The molecule has 130 valence electrons. The number of H-pyrrole nitrogens is 1. The molecule has 0 radical (unpaired) electrons. The predicted octanol–water partition coefficient (Wildman–Crippen LogP) is 4.57. The molecular formula is C18H14ClFN6. The summed E-state index contributed by atoms with van der Waals surface area (Å²) in [6, 6.07) is 8.10. The van der Waals surface area contributed by atoms with Gasteiger partial charge >= 0.3 is 0 Å².